The first kappa shape index (κ1) is 20.7. The first-order valence-electron chi connectivity index (χ1n) is 10.2. The first-order valence-corrected chi connectivity index (χ1v) is 10.2. The number of rotatable bonds is 6. The predicted molar refractivity (Wildman–Crippen MR) is 119 cm³/mol. The van der Waals surface area contributed by atoms with Crippen molar-refractivity contribution in [2.24, 2.45) is 4.99 Å². The number of amides is 1. The molecule has 0 aliphatic carbocycles. The van der Waals surface area contributed by atoms with Gasteiger partial charge in [0, 0.05) is 38.9 Å². The van der Waals surface area contributed by atoms with Gasteiger partial charge < -0.3 is 20.4 Å². The molecule has 0 spiro atoms. The van der Waals surface area contributed by atoms with Crippen LogP contribution < -0.4 is 15.5 Å². The van der Waals surface area contributed by atoms with Gasteiger partial charge in [-0.05, 0) is 30.5 Å². The summed E-state index contributed by atoms with van der Waals surface area (Å²) in [6.07, 6.45) is 2.06. The molecule has 1 aliphatic rings. The van der Waals surface area contributed by atoms with Crippen LogP contribution in [0.25, 0.3) is 0 Å². The van der Waals surface area contributed by atoms with Crippen molar-refractivity contribution in [1.82, 2.24) is 15.5 Å². The number of hydrogen-bond acceptors (Lipinski definition) is 3. The van der Waals surface area contributed by atoms with E-state index in [1.807, 2.05) is 24.3 Å². The highest BCUT2D eigenvalue weighted by molar-refractivity contribution is 5.86. The molecule has 1 heterocycles. The molecule has 3 rings (SSSR count). The van der Waals surface area contributed by atoms with Gasteiger partial charge in [0.15, 0.2) is 5.96 Å². The van der Waals surface area contributed by atoms with E-state index in [2.05, 4.69) is 51.9 Å². The van der Waals surface area contributed by atoms with Gasteiger partial charge >= 0.3 is 0 Å². The average molecular weight is 394 g/mol. The number of piperidine rings is 1. The van der Waals surface area contributed by atoms with Gasteiger partial charge in [0.05, 0.1) is 13.1 Å². The Morgan fingerprint density at radius 1 is 1.03 bits per heavy atom. The van der Waals surface area contributed by atoms with Crippen LogP contribution in [0.5, 0.6) is 0 Å². The molecule has 0 atom stereocenters. The summed E-state index contributed by atoms with van der Waals surface area (Å²) < 4.78 is 0. The second-order valence-electron chi connectivity index (χ2n) is 7.53. The van der Waals surface area contributed by atoms with Crippen molar-refractivity contribution < 1.29 is 4.79 Å². The van der Waals surface area contributed by atoms with Crippen molar-refractivity contribution in [2.45, 2.75) is 25.4 Å². The number of guanidine groups is 1. The number of para-hydroxylation sites is 1. The van der Waals surface area contributed by atoms with E-state index >= 15 is 0 Å². The van der Waals surface area contributed by atoms with Gasteiger partial charge in [-0.2, -0.15) is 0 Å². The molecular weight excluding hydrogens is 362 g/mol. The lowest BCUT2D eigenvalue weighted by Gasteiger charge is -2.34. The summed E-state index contributed by atoms with van der Waals surface area (Å²) in [5.41, 5.74) is 2.42. The number of anilines is 1. The number of nitrogens with zero attached hydrogens (tertiary/aromatic N) is 3. The van der Waals surface area contributed by atoms with Crippen molar-refractivity contribution in [3.8, 4) is 0 Å². The van der Waals surface area contributed by atoms with E-state index in [9.17, 15) is 4.79 Å². The highest BCUT2D eigenvalue weighted by Gasteiger charge is 2.20. The lowest BCUT2D eigenvalue weighted by Crippen LogP contribution is -2.50. The minimum atomic E-state index is 0.0260. The third kappa shape index (κ3) is 6.52. The molecule has 0 saturated carbocycles. The summed E-state index contributed by atoms with van der Waals surface area (Å²) >= 11 is 0. The lowest BCUT2D eigenvalue weighted by atomic mass is 10.0. The van der Waals surface area contributed by atoms with Gasteiger partial charge in [-0.3, -0.25) is 4.79 Å². The maximum atomic E-state index is 12.0. The normalized spacial score (nSPS) is 15.1. The summed E-state index contributed by atoms with van der Waals surface area (Å²) in [4.78, 5) is 20.7. The molecule has 2 N–H and O–H groups in total. The molecule has 2 aromatic carbocycles. The van der Waals surface area contributed by atoms with E-state index in [-0.39, 0.29) is 12.5 Å². The van der Waals surface area contributed by atoms with Crippen LogP contribution >= 0.6 is 0 Å². The molecule has 0 aromatic heterocycles. The number of carbonyl (C=O) groups excluding carboxylic acids is 1. The molecule has 154 valence electrons. The monoisotopic (exact) mass is 393 g/mol. The number of aliphatic imine (C=N–C) groups is 1. The summed E-state index contributed by atoms with van der Waals surface area (Å²) in [7, 11) is 3.52. The van der Waals surface area contributed by atoms with Crippen LogP contribution in [0.1, 0.15) is 18.4 Å². The van der Waals surface area contributed by atoms with Crippen molar-refractivity contribution in [3.05, 3.63) is 66.2 Å². The lowest BCUT2D eigenvalue weighted by molar-refractivity contribution is -0.127. The molecule has 0 unspecified atom stereocenters. The third-order valence-corrected chi connectivity index (χ3v) is 5.13. The van der Waals surface area contributed by atoms with E-state index in [1.54, 1.807) is 19.0 Å². The van der Waals surface area contributed by atoms with Crippen LogP contribution in [-0.2, 0) is 11.3 Å². The fraction of sp³-hybridized carbons (Fsp3) is 0.391. The average Bonchev–Trinajstić information content (AvgIpc) is 2.77. The molecule has 6 nitrogen and oxygen atoms in total. The van der Waals surface area contributed by atoms with Crippen LogP contribution in [0.4, 0.5) is 5.69 Å². The summed E-state index contributed by atoms with van der Waals surface area (Å²) in [5, 5.41) is 6.73. The molecule has 6 heteroatoms. The van der Waals surface area contributed by atoms with Gasteiger partial charge in [-0.25, -0.2) is 4.99 Å². The highest BCUT2D eigenvalue weighted by Crippen LogP contribution is 2.19. The number of hydrogen-bond donors (Lipinski definition) is 2. The molecule has 0 bridgehead atoms. The van der Waals surface area contributed by atoms with Crippen LogP contribution in [-0.4, -0.2) is 56.5 Å². The van der Waals surface area contributed by atoms with Gasteiger partial charge in [-0.1, -0.05) is 48.5 Å². The Morgan fingerprint density at radius 3 is 2.28 bits per heavy atom. The molecule has 2 aromatic rings. The van der Waals surface area contributed by atoms with Crippen LogP contribution in [0.15, 0.2) is 65.7 Å². The van der Waals surface area contributed by atoms with E-state index in [4.69, 9.17) is 4.99 Å². The molecule has 1 saturated heterocycles. The SMILES string of the molecule is CN(C)C(=O)CNC(=NCc1ccccc1)NC1CCN(c2ccccc2)CC1. The second-order valence-corrected chi connectivity index (χ2v) is 7.53. The maximum Gasteiger partial charge on any atom is 0.241 e. The zero-order valence-electron chi connectivity index (χ0n) is 17.3. The van der Waals surface area contributed by atoms with Crippen molar-refractivity contribution in [2.75, 3.05) is 38.6 Å². The topological polar surface area (TPSA) is 60.0 Å². The minimum absolute atomic E-state index is 0.0260. The van der Waals surface area contributed by atoms with Crippen LogP contribution in [0.3, 0.4) is 0 Å². The number of carbonyl (C=O) groups is 1. The first-order chi connectivity index (χ1) is 14.1. The summed E-state index contributed by atoms with van der Waals surface area (Å²) in [6.45, 7) is 2.82. The Morgan fingerprint density at radius 2 is 1.66 bits per heavy atom. The van der Waals surface area contributed by atoms with Gasteiger partial charge in [0.25, 0.3) is 0 Å². The molecule has 1 amide bonds. The number of benzene rings is 2. The Hall–Kier alpha value is -3.02. The zero-order valence-corrected chi connectivity index (χ0v) is 17.3. The Balaban J connectivity index is 1.58. The smallest absolute Gasteiger partial charge is 0.241 e. The standard InChI is InChI=1S/C23H31N5O/c1-27(2)22(29)18-25-23(24-17-19-9-5-3-6-10-19)26-20-13-15-28(16-14-20)21-11-7-4-8-12-21/h3-12,20H,13-18H2,1-2H3,(H2,24,25,26). The molecule has 1 aliphatic heterocycles. The quantitative estimate of drug-likeness (QED) is 0.585. The van der Waals surface area contributed by atoms with Gasteiger partial charge in [-0.15, -0.1) is 0 Å². The van der Waals surface area contributed by atoms with E-state index in [0.29, 0.717) is 18.5 Å². The maximum absolute atomic E-state index is 12.0. The number of likely N-dealkylation sites (N-methyl/N-ethyl adjacent to an activating group) is 1. The predicted octanol–water partition coefficient (Wildman–Crippen LogP) is 2.48. The van der Waals surface area contributed by atoms with Crippen molar-refractivity contribution in [1.29, 1.82) is 0 Å². The van der Waals surface area contributed by atoms with E-state index in [0.717, 1.165) is 31.5 Å². The van der Waals surface area contributed by atoms with E-state index < -0.39 is 0 Å². The molecule has 0 radical (unpaired) electrons. The summed E-state index contributed by atoms with van der Waals surface area (Å²) in [6, 6.07) is 21.0. The summed E-state index contributed by atoms with van der Waals surface area (Å²) in [5.74, 6) is 0.723. The van der Waals surface area contributed by atoms with Crippen molar-refractivity contribution in [3.63, 3.8) is 0 Å². The van der Waals surface area contributed by atoms with Crippen molar-refractivity contribution >= 4 is 17.6 Å². The molecular formula is C23H31N5O. The van der Waals surface area contributed by atoms with E-state index in [1.165, 1.54) is 5.69 Å². The molecule has 29 heavy (non-hydrogen) atoms. The Kier molecular flexibility index (Phi) is 7.50. The van der Waals surface area contributed by atoms with Crippen LogP contribution in [0.2, 0.25) is 0 Å². The second kappa shape index (κ2) is 10.5. The fourth-order valence-electron chi connectivity index (χ4n) is 3.34. The van der Waals surface area contributed by atoms with Crippen LogP contribution in [0, 0.1) is 0 Å². The number of nitrogens with one attached hydrogen (secondary N) is 2. The highest BCUT2D eigenvalue weighted by atomic mass is 16.2. The van der Waals surface area contributed by atoms with Gasteiger partial charge in [0.1, 0.15) is 0 Å². The Labute approximate surface area is 173 Å². The third-order valence-electron chi connectivity index (χ3n) is 5.13. The van der Waals surface area contributed by atoms with Gasteiger partial charge in [0.2, 0.25) is 5.91 Å². The largest absolute Gasteiger partial charge is 0.371 e. The minimum Gasteiger partial charge on any atom is -0.371 e. The Bertz CT molecular complexity index is 783. The zero-order chi connectivity index (χ0) is 20.5. The fourth-order valence-corrected chi connectivity index (χ4v) is 3.34. The molecule has 1 fully saturated rings.